The SMILES string of the molecule is CC(=O)NCCNc1ccsc1. The molecule has 4 heteroatoms. The van der Waals surface area contributed by atoms with E-state index < -0.39 is 0 Å². The van der Waals surface area contributed by atoms with E-state index in [4.69, 9.17) is 0 Å². The largest absolute Gasteiger partial charge is 0.383 e. The molecule has 12 heavy (non-hydrogen) atoms. The average molecular weight is 184 g/mol. The molecule has 0 fully saturated rings. The Kier molecular flexibility index (Phi) is 3.60. The van der Waals surface area contributed by atoms with E-state index in [0.717, 1.165) is 12.2 Å². The first kappa shape index (κ1) is 9.06. The Morgan fingerprint density at radius 1 is 1.58 bits per heavy atom. The Hall–Kier alpha value is -1.03. The molecule has 0 atom stereocenters. The molecule has 1 aromatic heterocycles. The molecule has 1 amide bonds. The van der Waals surface area contributed by atoms with E-state index in [2.05, 4.69) is 10.6 Å². The predicted octanol–water partition coefficient (Wildman–Crippen LogP) is 1.30. The second kappa shape index (κ2) is 4.77. The second-order valence-corrected chi connectivity index (χ2v) is 3.20. The maximum absolute atomic E-state index is 10.5. The zero-order chi connectivity index (χ0) is 8.81. The summed E-state index contributed by atoms with van der Waals surface area (Å²) in [4.78, 5) is 10.5. The Labute approximate surface area is 75.8 Å². The van der Waals surface area contributed by atoms with Crippen LogP contribution in [0.3, 0.4) is 0 Å². The number of thiophene rings is 1. The van der Waals surface area contributed by atoms with Gasteiger partial charge in [-0.3, -0.25) is 4.79 Å². The maximum Gasteiger partial charge on any atom is 0.216 e. The molecule has 0 saturated heterocycles. The quantitative estimate of drug-likeness (QED) is 0.692. The van der Waals surface area contributed by atoms with E-state index in [1.165, 1.54) is 6.92 Å². The molecule has 1 rings (SSSR count). The van der Waals surface area contributed by atoms with Crippen LogP contribution in [-0.4, -0.2) is 19.0 Å². The topological polar surface area (TPSA) is 41.1 Å². The van der Waals surface area contributed by atoms with Gasteiger partial charge in [0.1, 0.15) is 0 Å². The van der Waals surface area contributed by atoms with E-state index in [9.17, 15) is 4.79 Å². The summed E-state index contributed by atoms with van der Waals surface area (Å²) < 4.78 is 0. The van der Waals surface area contributed by atoms with Gasteiger partial charge in [-0.25, -0.2) is 0 Å². The number of rotatable bonds is 4. The van der Waals surface area contributed by atoms with Gasteiger partial charge in [-0.1, -0.05) is 0 Å². The number of hydrogen-bond acceptors (Lipinski definition) is 3. The highest BCUT2D eigenvalue weighted by Crippen LogP contribution is 2.10. The molecule has 0 aromatic carbocycles. The molecule has 1 heterocycles. The van der Waals surface area contributed by atoms with E-state index in [0.29, 0.717) is 6.54 Å². The van der Waals surface area contributed by atoms with Crippen LogP contribution in [0.5, 0.6) is 0 Å². The van der Waals surface area contributed by atoms with Crippen LogP contribution < -0.4 is 10.6 Å². The van der Waals surface area contributed by atoms with Gasteiger partial charge < -0.3 is 10.6 Å². The third kappa shape index (κ3) is 3.39. The van der Waals surface area contributed by atoms with Gasteiger partial charge in [0.25, 0.3) is 0 Å². The summed E-state index contributed by atoms with van der Waals surface area (Å²) in [7, 11) is 0. The highest BCUT2D eigenvalue weighted by Gasteiger charge is 1.91. The van der Waals surface area contributed by atoms with Crippen LogP contribution in [0.2, 0.25) is 0 Å². The number of hydrogen-bond donors (Lipinski definition) is 2. The molecule has 66 valence electrons. The number of carbonyl (C=O) groups is 1. The first-order valence-corrected chi connectivity index (χ1v) is 4.74. The van der Waals surface area contributed by atoms with Gasteiger partial charge in [-0.15, -0.1) is 0 Å². The predicted molar refractivity (Wildman–Crippen MR) is 51.5 cm³/mol. The summed E-state index contributed by atoms with van der Waals surface area (Å²) in [5.41, 5.74) is 1.12. The van der Waals surface area contributed by atoms with Crippen molar-refractivity contribution >= 4 is 22.9 Å². The van der Waals surface area contributed by atoms with Gasteiger partial charge >= 0.3 is 0 Å². The van der Waals surface area contributed by atoms with Crippen LogP contribution in [0.4, 0.5) is 5.69 Å². The molecule has 1 aromatic rings. The maximum atomic E-state index is 10.5. The standard InChI is InChI=1S/C8H12N2OS/c1-7(11)9-3-4-10-8-2-5-12-6-8/h2,5-6,10H,3-4H2,1H3,(H,9,11). The van der Waals surface area contributed by atoms with Crippen molar-refractivity contribution in [2.45, 2.75) is 6.92 Å². The van der Waals surface area contributed by atoms with Crippen molar-refractivity contribution in [1.82, 2.24) is 5.32 Å². The highest BCUT2D eigenvalue weighted by molar-refractivity contribution is 7.08. The molecule has 0 saturated carbocycles. The summed E-state index contributed by atoms with van der Waals surface area (Å²) in [6.45, 7) is 2.96. The lowest BCUT2D eigenvalue weighted by Gasteiger charge is -2.03. The van der Waals surface area contributed by atoms with Crippen LogP contribution >= 0.6 is 11.3 Å². The fourth-order valence-corrected chi connectivity index (χ4v) is 1.42. The molecule has 2 N–H and O–H groups in total. The van der Waals surface area contributed by atoms with Gasteiger partial charge in [0.05, 0.1) is 0 Å². The van der Waals surface area contributed by atoms with E-state index in [1.807, 2.05) is 16.8 Å². The minimum atomic E-state index is 0.0159. The van der Waals surface area contributed by atoms with E-state index >= 15 is 0 Å². The summed E-state index contributed by atoms with van der Waals surface area (Å²) in [5.74, 6) is 0.0159. The summed E-state index contributed by atoms with van der Waals surface area (Å²) in [6.07, 6.45) is 0. The molecule has 0 aliphatic rings. The van der Waals surface area contributed by atoms with Crippen LogP contribution in [0.25, 0.3) is 0 Å². The summed E-state index contributed by atoms with van der Waals surface area (Å²) in [6, 6.07) is 2.01. The summed E-state index contributed by atoms with van der Waals surface area (Å²) >= 11 is 1.65. The fraction of sp³-hybridized carbons (Fsp3) is 0.375. The normalized spacial score (nSPS) is 9.42. The van der Waals surface area contributed by atoms with Crippen molar-refractivity contribution in [1.29, 1.82) is 0 Å². The Balaban J connectivity index is 2.07. The van der Waals surface area contributed by atoms with Gasteiger partial charge in [0.2, 0.25) is 5.91 Å². The summed E-state index contributed by atoms with van der Waals surface area (Å²) in [5, 5.41) is 9.94. The second-order valence-electron chi connectivity index (χ2n) is 2.42. The van der Waals surface area contributed by atoms with Gasteiger partial charge in [0.15, 0.2) is 0 Å². The van der Waals surface area contributed by atoms with Crippen LogP contribution in [0.1, 0.15) is 6.92 Å². The fourth-order valence-electron chi connectivity index (χ4n) is 0.810. The van der Waals surface area contributed by atoms with Gasteiger partial charge in [0, 0.05) is 31.1 Å². The lowest BCUT2D eigenvalue weighted by molar-refractivity contribution is -0.118. The monoisotopic (exact) mass is 184 g/mol. The minimum absolute atomic E-state index is 0.0159. The molecule has 0 radical (unpaired) electrons. The molecular weight excluding hydrogens is 172 g/mol. The van der Waals surface area contributed by atoms with Crippen LogP contribution in [0.15, 0.2) is 16.8 Å². The smallest absolute Gasteiger partial charge is 0.216 e. The van der Waals surface area contributed by atoms with Crippen molar-refractivity contribution in [3.05, 3.63) is 16.8 Å². The third-order valence-electron chi connectivity index (χ3n) is 1.35. The van der Waals surface area contributed by atoms with Crippen molar-refractivity contribution in [3.63, 3.8) is 0 Å². The number of carbonyl (C=O) groups excluding carboxylic acids is 1. The average Bonchev–Trinajstić information content (AvgIpc) is 2.49. The minimum Gasteiger partial charge on any atom is -0.383 e. The Bertz CT molecular complexity index is 233. The Morgan fingerprint density at radius 3 is 3.00 bits per heavy atom. The van der Waals surface area contributed by atoms with E-state index in [1.54, 1.807) is 11.3 Å². The van der Waals surface area contributed by atoms with Crippen molar-refractivity contribution in [2.75, 3.05) is 18.4 Å². The van der Waals surface area contributed by atoms with E-state index in [-0.39, 0.29) is 5.91 Å². The Morgan fingerprint density at radius 2 is 2.42 bits per heavy atom. The molecule has 0 aliphatic carbocycles. The first-order valence-electron chi connectivity index (χ1n) is 3.79. The highest BCUT2D eigenvalue weighted by atomic mass is 32.1. The molecule has 0 bridgehead atoms. The molecule has 0 unspecified atom stereocenters. The molecule has 0 spiro atoms. The molecular formula is C8H12N2OS. The lowest BCUT2D eigenvalue weighted by atomic mass is 10.5. The van der Waals surface area contributed by atoms with Gasteiger partial charge in [-0.2, -0.15) is 11.3 Å². The number of anilines is 1. The molecule has 0 aliphatic heterocycles. The number of amides is 1. The van der Waals surface area contributed by atoms with Crippen LogP contribution in [-0.2, 0) is 4.79 Å². The van der Waals surface area contributed by atoms with Crippen molar-refractivity contribution in [3.8, 4) is 0 Å². The number of nitrogens with one attached hydrogen (secondary N) is 2. The lowest BCUT2D eigenvalue weighted by Crippen LogP contribution is -2.26. The van der Waals surface area contributed by atoms with Crippen LogP contribution in [0, 0.1) is 0 Å². The zero-order valence-corrected chi connectivity index (χ0v) is 7.78. The van der Waals surface area contributed by atoms with Crippen molar-refractivity contribution < 1.29 is 4.79 Å². The van der Waals surface area contributed by atoms with Gasteiger partial charge in [-0.05, 0) is 11.4 Å². The zero-order valence-electron chi connectivity index (χ0n) is 6.96. The first-order chi connectivity index (χ1) is 5.79. The third-order valence-corrected chi connectivity index (χ3v) is 2.03. The molecule has 3 nitrogen and oxygen atoms in total. The van der Waals surface area contributed by atoms with Crippen molar-refractivity contribution in [2.24, 2.45) is 0 Å².